The minimum atomic E-state index is -0.0558. The molecule has 2 N–H and O–H groups in total. The summed E-state index contributed by atoms with van der Waals surface area (Å²) in [6, 6.07) is 16.1. The zero-order valence-electron chi connectivity index (χ0n) is 12.2. The van der Waals surface area contributed by atoms with Gasteiger partial charge in [0.2, 0.25) is 0 Å². The number of fused-ring (bicyclic) bond motifs is 1. The van der Waals surface area contributed by atoms with E-state index in [0.717, 1.165) is 17.7 Å². The molecular weight excluding hydrogens is 272 g/mol. The largest absolute Gasteiger partial charge is 0.508 e. The van der Waals surface area contributed by atoms with Gasteiger partial charge >= 0.3 is 0 Å². The third-order valence-corrected chi connectivity index (χ3v) is 4.30. The molecule has 2 unspecified atom stereocenters. The van der Waals surface area contributed by atoms with Crippen LogP contribution in [0.5, 0.6) is 5.75 Å². The normalized spacial score (nSPS) is 22.5. The topological polar surface area (TPSA) is 35.5 Å². The number of anilines is 2. The van der Waals surface area contributed by atoms with Crippen LogP contribution in [0.3, 0.4) is 0 Å². The van der Waals surface area contributed by atoms with Crippen LogP contribution in [0.15, 0.2) is 72.8 Å². The maximum Gasteiger partial charge on any atom is 0.130 e. The summed E-state index contributed by atoms with van der Waals surface area (Å²) in [6.45, 7) is 0. The molecule has 2 atom stereocenters. The van der Waals surface area contributed by atoms with Crippen molar-refractivity contribution in [1.29, 1.82) is 0 Å². The van der Waals surface area contributed by atoms with E-state index >= 15 is 0 Å². The standard InChI is InChI=1S/C19H18N2O/c22-18-13-7-4-10-15(18)19-20-16-11-5-6-12-17(16)21(19)14-8-2-1-3-9-14/h1-8,10-14,19-20,22H,9H2. The number of rotatable bonds is 2. The lowest BCUT2D eigenvalue weighted by molar-refractivity contribution is 0.461. The second-order valence-corrected chi connectivity index (χ2v) is 5.65. The molecule has 2 aromatic carbocycles. The third-order valence-electron chi connectivity index (χ3n) is 4.30. The van der Waals surface area contributed by atoms with Gasteiger partial charge in [-0.15, -0.1) is 0 Å². The zero-order valence-corrected chi connectivity index (χ0v) is 12.2. The van der Waals surface area contributed by atoms with Crippen molar-refractivity contribution >= 4 is 11.4 Å². The molecule has 0 aromatic heterocycles. The molecule has 110 valence electrons. The maximum atomic E-state index is 10.3. The Bertz CT molecular complexity index is 751. The molecule has 4 rings (SSSR count). The molecule has 3 heteroatoms. The summed E-state index contributed by atoms with van der Waals surface area (Å²) >= 11 is 0. The smallest absolute Gasteiger partial charge is 0.130 e. The first kappa shape index (κ1) is 13.0. The van der Waals surface area contributed by atoms with Crippen LogP contribution in [0.1, 0.15) is 18.2 Å². The summed E-state index contributed by atoms with van der Waals surface area (Å²) in [6.07, 6.45) is 9.50. The summed E-state index contributed by atoms with van der Waals surface area (Å²) in [4.78, 5) is 2.35. The molecule has 1 aliphatic carbocycles. The predicted molar refractivity (Wildman–Crippen MR) is 90.1 cm³/mol. The van der Waals surface area contributed by atoms with Gasteiger partial charge in [0.15, 0.2) is 0 Å². The zero-order chi connectivity index (χ0) is 14.9. The third kappa shape index (κ3) is 2.06. The molecule has 1 aliphatic heterocycles. The molecule has 0 amide bonds. The fourth-order valence-corrected chi connectivity index (χ4v) is 3.27. The highest BCUT2D eigenvalue weighted by Crippen LogP contribution is 2.45. The predicted octanol–water partition coefficient (Wildman–Crippen LogP) is 4.21. The van der Waals surface area contributed by atoms with Crippen molar-refractivity contribution in [1.82, 2.24) is 0 Å². The number of aromatic hydroxyl groups is 1. The Morgan fingerprint density at radius 3 is 2.64 bits per heavy atom. The molecule has 2 aliphatic rings. The average Bonchev–Trinajstić information content (AvgIpc) is 2.95. The van der Waals surface area contributed by atoms with E-state index in [1.807, 2.05) is 24.3 Å². The van der Waals surface area contributed by atoms with Crippen LogP contribution in [0.4, 0.5) is 11.4 Å². The van der Waals surface area contributed by atoms with Crippen LogP contribution in [-0.2, 0) is 0 Å². The SMILES string of the molecule is Oc1ccccc1C1Nc2ccccc2N1C1C=CC=CC1. The van der Waals surface area contributed by atoms with Crippen LogP contribution in [0.25, 0.3) is 0 Å². The number of allylic oxidation sites excluding steroid dienone is 2. The van der Waals surface area contributed by atoms with Crippen molar-refractivity contribution < 1.29 is 5.11 Å². The van der Waals surface area contributed by atoms with Crippen molar-refractivity contribution in [2.45, 2.75) is 18.6 Å². The van der Waals surface area contributed by atoms with E-state index < -0.39 is 0 Å². The van der Waals surface area contributed by atoms with Crippen LogP contribution in [0.2, 0.25) is 0 Å². The molecule has 0 saturated carbocycles. The van der Waals surface area contributed by atoms with Crippen LogP contribution < -0.4 is 10.2 Å². The minimum Gasteiger partial charge on any atom is -0.508 e. The fraction of sp³-hybridized carbons (Fsp3) is 0.158. The second-order valence-electron chi connectivity index (χ2n) is 5.65. The Kier molecular flexibility index (Phi) is 3.11. The van der Waals surface area contributed by atoms with Gasteiger partial charge in [-0.3, -0.25) is 0 Å². The molecular formula is C19H18N2O. The summed E-state index contributed by atoms with van der Waals surface area (Å²) in [5, 5.41) is 13.8. The van der Waals surface area contributed by atoms with Gasteiger partial charge in [0.05, 0.1) is 17.4 Å². The summed E-state index contributed by atoms with van der Waals surface area (Å²) in [5.74, 6) is 0.327. The summed E-state index contributed by atoms with van der Waals surface area (Å²) in [7, 11) is 0. The molecule has 0 bridgehead atoms. The Morgan fingerprint density at radius 2 is 1.82 bits per heavy atom. The first-order valence-corrected chi connectivity index (χ1v) is 7.60. The molecule has 0 radical (unpaired) electrons. The van der Waals surface area contributed by atoms with E-state index in [1.54, 1.807) is 6.07 Å². The monoisotopic (exact) mass is 290 g/mol. The minimum absolute atomic E-state index is 0.0558. The molecule has 3 nitrogen and oxygen atoms in total. The maximum absolute atomic E-state index is 10.3. The number of nitrogens with zero attached hydrogens (tertiary/aromatic N) is 1. The van der Waals surface area contributed by atoms with Gasteiger partial charge in [-0.2, -0.15) is 0 Å². The Labute approximate surface area is 130 Å². The highest BCUT2D eigenvalue weighted by Gasteiger charge is 2.34. The molecule has 2 aromatic rings. The molecule has 1 heterocycles. The molecule has 0 saturated heterocycles. The summed E-state index contributed by atoms with van der Waals surface area (Å²) < 4.78 is 0. The van der Waals surface area contributed by atoms with Crippen molar-refractivity contribution in [2.24, 2.45) is 0 Å². The fourth-order valence-electron chi connectivity index (χ4n) is 3.27. The van der Waals surface area contributed by atoms with Crippen molar-refractivity contribution in [3.63, 3.8) is 0 Å². The number of para-hydroxylation sites is 3. The van der Waals surface area contributed by atoms with Crippen LogP contribution in [-0.4, -0.2) is 11.1 Å². The lowest BCUT2D eigenvalue weighted by atomic mass is 10.0. The van der Waals surface area contributed by atoms with Crippen LogP contribution in [0, 0.1) is 0 Å². The number of hydrogen-bond acceptors (Lipinski definition) is 3. The van der Waals surface area contributed by atoms with Gasteiger partial charge in [-0.25, -0.2) is 0 Å². The van der Waals surface area contributed by atoms with E-state index in [4.69, 9.17) is 0 Å². The van der Waals surface area contributed by atoms with E-state index in [0.29, 0.717) is 5.75 Å². The van der Waals surface area contributed by atoms with Crippen LogP contribution >= 0.6 is 0 Å². The lowest BCUT2D eigenvalue weighted by Crippen LogP contribution is -2.37. The number of hydrogen-bond donors (Lipinski definition) is 2. The van der Waals surface area contributed by atoms with Crippen molar-refractivity contribution in [2.75, 3.05) is 10.2 Å². The first-order chi connectivity index (χ1) is 10.8. The van der Waals surface area contributed by atoms with Gasteiger partial charge in [-0.05, 0) is 24.6 Å². The highest BCUT2D eigenvalue weighted by atomic mass is 16.3. The number of phenolic OH excluding ortho intramolecular Hbond substituents is 1. The van der Waals surface area contributed by atoms with E-state index in [-0.39, 0.29) is 12.2 Å². The lowest BCUT2D eigenvalue weighted by Gasteiger charge is -2.34. The van der Waals surface area contributed by atoms with Crippen molar-refractivity contribution in [3.8, 4) is 5.75 Å². The summed E-state index contributed by atoms with van der Waals surface area (Å²) in [5.41, 5.74) is 3.20. The molecule has 0 fully saturated rings. The molecule has 0 spiro atoms. The second kappa shape index (κ2) is 5.26. The quantitative estimate of drug-likeness (QED) is 0.869. The number of phenols is 1. The first-order valence-electron chi connectivity index (χ1n) is 7.60. The van der Waals surface area contributed by atoms with Gasteiger partial charge in [0.1, 0.15) is 11.9 Å². The Hall–Kier alpha value is -2.68. The van der Waals surface area contributed by atoms with E-state index in [9.17, 15) is 5.11 Å². The van der Waals surface area contributed by atoms with Gasteiger partial charge < -0.3 is 15.3 Å². The van der Waals surface area contributed by atoms with Gasteiger partial charge in [0, 0.05) is 5.56 Å². The highest BCUT2D eigenvalue weighted by molar-refractivity contribution is 5.78. The molecule has 22 heavy (non-hydrogen) atoms. The van der Waals surface area contributed by atoms with Gasteiger partial charge in [0.25, 0.3) is 0 Å². The van der Waals surface area contributed by atoms with Gasteiger partial charge in [-0.1, -0.05) is 54.6 Å². The number of nitrogens with one attached hydrogen (secondary N) is 1. The number of benzene rings is 2. The van der Waals surface area contributed by atoms with E-state index in [2.05, 4.69) is 52.7 Å². The average molecular weight is 290 g/mol. The van der Waals surface area contributed by atoms with E-state index in [1.165, 1.54) is 5.69 Å². The Morgan fingerprint density at radius 1 is 1.00 bits per heavy atom. The van der Waals surface area contributed by atoms with Crippen molar-refractivity contribution in [3.05, 3.63) is 78.4 Å². The Balaban J connectivity index is 1.80.